The van der Waals surface area contributed by atoms with Crippen LogP contribution in [0, 0.1) is 15.9 Å². The maximum atomic E-state index is 13.8. The van der Waals surface area contributed by atoms with Crippen molar-refractivity contribution in [2.24, 2.45) is 0 Å². The van der Waals surface area contributed by atoms with Crippen molar-refractivity contribution >= 4 is 28.7 Å². The molecular formula is C20H16FN3O4. The summed E-state index contributed by atoms with van der Waals surface area (Å²) in [6.45, 7) is 0. The zero-order valence-electron chi connectivity index (χ0n) is 14.8. The van der Waals surface area contributed by atoms with E-state index < -0.39 is 16.6 Å². The van der Waals surface area contributed by atoms with Crippen LogP contribution in [0.4, 0.5) is 27.1 Å². The van der Waals surface area contributed by atoms with Crippen LogP contribution in [0.15, 0.2) is 66.7 Å². The maximum Gasteiger partial charge on any atom is 0.293 e. The van der Waals surface area contributed by atoms with E-state index in [0.29, 0.717) is 5.69 Å². The zero-order valence-corrected chi connectivity index (χ0v) is 14.8. The molecule has 0 aliphatic heterocycles. The molecule has 0 saturated heterocycles. The highest BCUT2D eigenvalue weighted by Crippen LogP contribution is 2.29. The molecule has 0 spiro atoms. The van der Waals surface area contributed by atoms with Gasteiger partial charge in [-0.1, -0.05) is 18.2 Å². The molecule has 3 aromatic carbocycles. The van der Waals surface area contributed by atoms with Gasteiger partial charge in [0.1, 0.15) is 5.69 Å². The lowest BCUT2D eigenvalue weighted by molar-refractivity contribution is -0.383. The number of halogens is 1. The molecule has 3 rings (SSSR count). The second-order valence-electron chi connectivity index (χ2n) is 5.78. The van der Waals surface area contributed by atoms with E-state index in [1.54, 1.807) is 24.3 Å². The Hall–Kier alpha value is -3.94. The molecule has 0 unspecified atom stereocenters. The highest BCUT2D eigenvalue weighted by atomic mass is 19.1. The molecule has 0 saturated carbocycles. The molecular weight excluding hydrogens is 365 g/mol. The number of carbonyl (C=O) groups excluding carboxylic acids is 1. The zero-order chi connectivity index (χ0) is 20.1. The van der Waals surface area contributed by atoms with Crippen LogP contribution in [-0.2, 0) is 0 Å². The van der Waals surface area contributed by atoms with Gasteiger partial charge < -0.3 is 15.4 Å². The number of nitro groups is 1. The number of nitro benzene ring substituents is 1. The van der Waals surface area contributed by atoms with Gasteiger partial charge in [0.05, 0.1) is 12.0 Å². The van der Waals surface area contributed by atoms with Gasteiger partial charge in [0.2, 0.25) is 0 Å². The quantitative estimate of drug-likeness (QED) is 0.475. The summed E-state index contributed by atoms with van der Waals surface area (Å²) in [6.07, 6.45) is 0. The Balaban J connectivity index is 1.83. The molecule has 0 bridgehead atoms. The van der Waals surface area contributed by atoms with Gasteiger partial charge in [-0.3, -0.25) is 14.9 Å². The van der Waals surface area contributed by atoms with Crippen molar-refractivity contribution in [2.75, 3.05) is 17.7 Å². The van der Waals surface area contributed by atoms with Crippen LogP contribution >= 0.6 is 0 Å². The van der Waals surface area contributed by atoms with Crippen LogP contribution in [0.2, 0.25) is 0 Å². The first-order chi connectivity index (χ1) is 13.5. The summed E-state index contributed by atoms with van der Waals surface area (Å²) < 4.78 is 18.6. The van der Waals surface area contributed by atoms with Gasteiger partial charge in [-0.25, -0.2) is 4.39 Å². The average molecular weight is 381 g/mol. The molecule has 8 heteroatoms. The van der Waals surface area contributed by atoms with Crippen LogP contribution in [0.5, 0.6) is 5.75 Å². The first-order valence-electron chi connectivity index (χ1n) is 8.23. The van der Waals surface area contributed by atoms with Crippen LogP contribution in [-0.4, -0.2) is 17.9 Å². The van der Waals surface area contributed by atoms with Crippen LogP contribution in [0.1, 0.15) is 10.4 Å². The van der Waals surface area contributed by atoms with Crippen molar-refractivity contribution in [1.82, 2.24) is 0 Å². The molecule has 0 aromatic heterocycles. The summed E-state index contributed by atoms with van der Waals surface area (Å²) in [4.78, 5) is 23.3. The molecule has 0 heterocycles. The minimum Gasteiger partial charge on any atom is -0.494 e. The largest absolute Gasteiger partial charge is 0.494 e. The smallest absolute Gasteiger partial charge is 0.293 e. The van der Waals surface area contributed by atoms with Crippen molar-refractivity contribution < 1.29 is 18.8 Å². The Kier molecular flexibility index (Phi) is 5.50. The lowest BCUT2D eigenvalue weighted by Crippen LogP contribution is -2.12. The summed E-state index contributed by atoms with van der Waals surface area (Å²) in [5, 5.41) is 16.9. The van der Waals surface area contributed by atoms with E-state index in [9.17, 15) is 19.3 Å². The second-order valence-corrected chi connectivity index (χ2v) is 5.78. The molecule has 0 atom stereocenters. The summed E-state index contributed by atoms with van der Waals surface area (Å²) in [7, 11) is 1.33. The highest BCUT2D eigenvalue weighted by Gasteiger charge is 2.18. The van der Waals surface area contributed by atoms with Crippen molar-refractivity contribution in [3.8, 4) is 5.75 Å². The third kappa shape index (κ3) is 4.24. The molecule has 0 aliphatic carbocycles. The summed E-state index contributed by atoms with van der Waals surface area (Å²) in [6, 6.07) is 17.0. The third-order valence-corrected chi connectivity index (χ3v) is 3.92. The number of rotatable bonds is 6. The number of ether oxygens (including phenoxy) is 1. The minimum absolute atomic E-state index is 0.0463. The van der Waals surface area contributed by atoms with E-state index in [1.807, 2.05) is 6.07 Å². The Morgan fingerprint density at radius 2 is 1.79 bits per heavy atom. The molecule has 1 amide bonds. The Morgan fingerprint density at radius 1 is 1.04 bits per heavy atom. The van der Waals surface area contributed by atoms with Gasteiger partial charge in [0.15, 0.2) is 11.6 Å². The third-order valence-electron chi connectivity index (χ3n) is 3.92. The average Bonchev–Trinajstić information content (AvgIpc) is 2.69. The van der Waals surface area contributed by atoms with Gasteiger partial charge in [-0.05, 0) is 36.4 Å². The molecule has 0 aliphatic rings. The van der Waals surface area contributed by atoms with E-state index in [0.717, 1.165) is 6.07 Å². The summed E-state index contributed by atoms with van der Waals surface area (Å²) in [5.41, 5.74) is 0.955. The summed E-state index contributed by atoms with van der Waals surface area (Å²) in [5.74, 6) is -1.18. The Labute approximate surface area is 159 Å². The fraction of sp³-hybridized carbons (Fsp3) is 0.0500. The van der Waals surface area contributed by atoms with Crippen molar-refractivity contribution in [1.29, 1.82) is 0 Å². The molecule has 0 radical (unpaired) electrons. The fourth-order valence-corrected chi connectivity index (χ4v) is 2.55. The highest BCUT2D eigenvalue weighted by molar-refractivity contribution is 6.05. The van der Waals surface area contributed by atoms with Crippen molar-refractivity contribution in [3.63, 3.8) is 0 Å². The summed E-state index contributed by atoms with van der Waals surface area (Å²) >= 11 is 0. The fourth-order valence-electron chi connectivity index (χ4n) is 2.55. The number of nitrogens with zero attached hydrogens (tertiary/aromatic N) is 1. The predicted octanol–water partition coefficient (Wildman–Crippen LogP) is 4.74. The Bertz CT molecular complexity index is 1030. The van der Waals surface area contributed by atoms with Gasteiger partial charge in [-0.2, -0.15) is 0 Å². The molecule has 2 N–H and O–H groups in total. The predicted molar refractivity (Wildman–Crippen MR) is 104 cm³/mol. The van der Waals surface area contributed by atoms with E-state index in [4.69, 9.17) is 4.74 Å². The number of hydrogen-bond acceptors (Lipinski definition) is 5. The standard InChI is InChI=1S/C20H16FN3O4/c1-28-19-10-8-15(12-16(19)21)23-20(25)13-7-9-17(18(11-13)24(26)27)22-14-5-3-2-4-6-14/h2-12,22H,1H3,(H,23,25). The van der Waals surface area contributed by atoms with Crippen molar-refractivity contribution in [2.45, 2.75) is 0 Å². The number of nitrogens with one attached hydrogen (secondary N) is 2. The van der Waals surface area contributed by atoms with Gasteiger partial charge >= 0.3 is 0 Å². The maximum absolute atomic E-state index is 13.8. The SMILES string of the molecule is COc1ccc(NC(=O)c2ccc(Nc3ccccc3)c([N+](=O)[O-])c2)cc1F. The van der Waals surface area contributed by atoms with Gasteiger partial charge in [0.25, 0.3) is 11.6 Å². The van der Waals surface area contributed by atoms with Crippen molar-refractivity contribution in [3.05, 3.63) is 88.2 Å². The topological polar surface area (TPSA) is 93.5 Å². The number of para-hydroxylation sites is 1. The number of amides is 1. The molecule has 28 heavy (non-hydrogen) atoms. The Morgan fingerprint density at radius 3 is 2.43 bits per heavy atom. The first-order valence-corrected chi connectivity index (χ1v) is 8.23. The second kappa shape index (κ2) is 8.17. The van der Waals surface area contributed by atoms with E-state index >= 15 is 0 Å². The van der Waals surface area contributed by atoms with E-state index in [2.05, 4.69) is 10.6 Å². The molecule has 3 aromatic rings. The monoisotopic (exact) mass is 381 g/mol. The number of methoxy groups -OCH3 is 1. The van der Waals surface area contributed by atoms with Gasteiger partial charge in [-0.15, -0.1) is 0 Å². The van der Waals surface area contributed by atoms with E-state index in [1.165, 1.54) is 37.4 Å². The molecule has 7 nitrogen and oxygen atoms in total. The molecule has 142 valence electrons. The normalized spacial score (nSPS) is 10.2. The minimum atomic E-state index is -0.631. The van der Waals surface area contributed by atoms with Crippen LogP contribution < -0.4 is 15.4 Å². The van der Waals surface area contributed by atoms with Crippen LogP contribution in [0.25, 0.3) is 0 Å². The van der Waals surface area contributed by atoms with Gasteiger partial charge in [0, 0.05) is 29.1 Å². The number of benzene rings is 3. The number of carbonyl (C=O) groups is 1. The van der Waals surface area contributed by atoms with E-state index in [-0.39, 0.29) is 28.4 Å². The lowest BCUT2D eigenvalue weighted by atomic mass is 10.1. The number of anilines is 3. The first kappa shape index (κ1) is 18.8. The number of hydrogen-bond donors (Lipinski definition) is 2. The van der Waals surface area contributed by atoms with Crippen LogP contribution in [0.3, 0.4) is 0 Å². The molecule has 0 fully saturated rings. The lowest BCUT2D eigenvalue weighted by Gasteiger charge is -2.10.